The first kappa shape index (κ1) is 14.2. The summed E-state index contributed by atoms with van der Waals surface area (Å²) in [4.78, 5) is 13.8. The summed E-state index contributed by atoms with van der Waals surface area (Å²) in [6.07, 6.45) is 1.00. The highest BCUT2D eigenvalue weighted by Gasteiger charge is 2.23. The Bertz CT molecular complexity index is 459. The lowest BCUT2D eigenvalue weighted by Crippen LogP contribution is -2.40. The van der Waals surface area contributed by atoms with Gasteiger partial charge in [0.15, 0.2) is 6.61 Å². The van der Waals surface area contributed by atoms with Crippen LogP contribution in [0.2, 0.25) is 5.02 Å². The molecule has 0 radical (unpaired) electrons. The third-order valence-corrected chi connectivity index (χ3v) is 3.70. The third-order valence-electron chi connectivity index (χ3n) is 3.46. The van der Waals surface area contributed by atoms with Crippen molar-refractivity contribution in [1.29, 1.82) is 0 Å². The van der Waals surface area contributed by atoms with Crippen molar-refractivity contribution in [2.75, 3.05) is 26.7 Å². The van der Waals surface area contributed by atoms with Crippen LogP contribution in [0.4, 0.5) is 0 Å². The molecule has 5 heteroatoms. The van der Waals surface area contributed by atoms with Gasteiger partial charge in [-0.3, -0.25) is 4.79 Å². The van der Waals surface area contributed by atoms with E-state index in [4.69, 9.17) is 16.3 Å². The summed E-state index contributed by atoms with van der Waals surface area (Å²) in [5, 5.41) is 3.92. The van der Waals surface area contributed by atoms with Crippen molar-refractivity contribution in [3.05, 3.63) is 28.8 Å². The van der Waals surface area contributed by atoms with Gasteiger partial charge < -0.3 is 15.0 Å². The van der Waals surface area contributed by atoms with E-state index in [0.29, 0.717) is 10.8 Å². The first-order valence-corrected chi connectivity index (χ1v) is 6.81. The fraction of sp³-hybridized carbons (Fsp3) is 0.500. The minimum Gasteiger partial charge on any atom is -0.483 e. The Morgan fingerprint density at radius 2 is 2.37 bits per heavy atom. The van der Waals surface area contributed by atoms with Crippen molar-refractivity contribution < 1.29 is 9.53 Å². The topological polar surface area (TPSA) is 41.6 Å². The van der Waals surface area contributed by atoms with Gasteiger partial charge in [0.25, 0.3) is 5.91 Å². The standard InChI is InChI=1S/C14H19ClN2O2/c1-10-7-11(15)3-4-13(10)19-9-14(18)17(2)12-5-6-16-8-12/h3-4,7,12,16H,5-6,8-9H2,1-2H3. The van der Waals surface area contributed by atoms with E-state index >= 15 is 0 Å². The number of amides is 1. The summed E-state index contributed by atoms with van der Waals surface area (Å²) in [7, 11) is 1.83. The van der Waals surface area contributed by atoms with Crippen LogP contribution < -0.4 is 10.1 Å². The molecule has 1 saturated heterocycles. The SMILES string of the molecule is Cc1cc(Cl)ccc1OCC(=O)N(C)C1CCNC1. The van der Waals surface area contributed by atoms with Crippen LogP contribution in [0.25, 0.3) is 0 Å². The zero-order valence-corrected chi connectivity index (χ0v) is 12.0. The molecule has 1 atom stereocenters. The zero-order chi connectivity index (χ0) is 13.8. The van der Waals surface area contributed by atoms with Gasteiger partial charge in [-0.15, -0.1) is 0 Å². The Balaban J connectivity index is 1.89. The lowest BCUT2D eigenvalue weighted by atomic mass is 10.2. The van der Waals surface area contributed by atoms with Crippen LogP contribution in [0, 0.1) is 6.92 Å². The molecule has 1 N–H and O–H groups in total. The van der Waals surface area contributed by atoms with Crippen molar-refractivity contribution >= 4 is 17.5 Å². The monoisotopic (exact) mass is 282 g/mol. The highest BCUT2D eigenvalue weighted by atomic mass is 35.5. The number of hydrogen-bond donors (Lipinski definition) is 1. The maximum Gasteiger partial charge on any atom is 0.260 e. The Morgan fingerprint density at radius 3 is 3.00 bits per heavy atom. The average Bonchev–Trinajstić information content (AvgIpc) is 2.90. The van der Waals surface area contributed by atoms with Crippen LogP contribution in [-0.2, 0) is 4.79 Å². The number of hydrogen-bond acceptors (Lipinski definition) is 3. The summed E-state index contributed by atoms with van der Waals surface area (Å²) in [5.74, 6) is 0.707. The zero-order valence-electron chi connectivity index (χ0n) is 11.3. The van der Waals surface area contributed by atoms with E-state index in [2.05, 4.69) is 5.32 Å². The number of aryl methyl sites for hydroxylation is 1. The molecule has 1 aliphatic rings. The smallest absolute Gasteiger partial charge is 0.260 e. The largest absolute Gasteiger partial charge is 0.483 e. The van der Waals surface area contributed by atoms with Gasteiger partial charge in [-0.25, -0.2) is 0 Å². The number of carbonyl (C=O) groups excluding carboxylic acids is 1. The number of carbonyl (C=O) groups is 1. The molecule has 2 rings (SSSR count). The van der Waals surface area contributed by atoms with Crippen LogP contribution in [-0.4, -0.2) is 43.6 Å². The highest BCUT2D eigenvalue weighted by molar-refractivity contribution is 6.30. The molecule has 19 heavy (non-hydrogen) atoms. The van der Waals surface area contributed by atoms with Crippen LogP contribution in [0.3, 0.4) is 0 Å². The molecule has 0 spiro atoms. The maximum atomic E-state index is 12.0. The minimum atomic E-state index is 0.00282. The normalized spacial score (nSPS) is 18.4. The van der Waals surface area contributed by atoms with Crippen LogP contribution in [0.1, 0.15) is 12.0 Å². The number of benzene rings is 1. The van der Waals surface area contributed by atoms with Gasteiger partial charge in [0.2, 0.25) is 0 Å². The second-order valence-corrected chi connectivity index (χ2v) is 5.29. The van der Waals surface area contributed by atoms with Gasteiger partial charge in [0.05, 0.1) is 0 Å². The summed E-state index contributed by atoms with van der Waals surface area (Å²) in [6.45, 7) is 3.81. The Labute approximate surface area is 118 Å². The summed E-state index contributed by atoms with van der Waals surface area (Å²) < 4.78 is 5.56. The fourth-order valence-electron chi connectivity index (χ4n) is 2.19. The molecule has 1 aliphatic heterocycles. The number of likely N-dealkylation sites (N-methyl/N-ethyl adjacent to an activating group) is 1. The lowest BCUT2D eigenvalue weighted by Gasteiger charge is -2.23. The molecule has 1 unspecified atom stereocenters. The molecule has 4 nitrogen and oxygen atoms in total. The number of nitrogens with zero attached hydrogens (tertiary/aromatic N) is 1. The maximum absolute atomic E-state index is 12.0. The number of nitrogens with one attached hydrogen (secondary N) is 1. The van der Waals surface area contributed by atoms with Crippen LogP contribution >= 0.6 is 11.6 Å². The average molecular weight is 283 g/mol. The minimum absolute atomic E-state index is 0.00282. The first-order valence-electron chi connectivity index (χ1n) is 6.43. The van der Waals surface area contributed by atoms with E-state index in [0.717, 1.165) is 25.1 Å². The van der Waals surface area contributed by atoms with Crippen LogP contribution in [0.5, 0.6) is 5.75 Å². The third kappa shape index (κ3) is 3.61. The second-order valence-electron chi connectivity index (χ2n) is 4.85. The van der Waals surface area contributed by atoms with E-state index in [-0.39, 0.29) is 18.6 Å². The number of halogens is 1. The molecule has 1 aromatic rings. The first-order chi connectivity index (χ1) is 9.08. The van der Waals surface area contributed by atoms with Gasteiger partial charge in [-0.2, -0.15) is 0 Å². The molecular weight excluding hydrogens is 264 g/mol. The van der Waals surface area contributed by atoms with Gasteiger partial charge in [0.1, 0.15) is 5.75 Å². The lowest BCUT2D eigenvalue weighted by molar-refractivity contribution is -0.133. The molecule has 1 aromatic carbocycles. The summed E-state index contributed by atoms with van der Waals surface area (Å²) >= 11 is 5.88. The Hall–Kier alpha value is -1.26. The van der Waals surface area contributed by atoms with Crippen LogP contribution in [0.15, 0.2) is 18.2 Å². The van der Waals surface area contributed by atoms with E-state index in [1.54, 1.807) is 17.0 Å². The summed E-state index contributed by atoms with van der Waals surface area (Å²) in [6, 6.07) is 5.66. The molecule has 0 aromatic heterocycles. The highest BCUT2D eigenvalue weighted by Crippen LogP contribution is 2.21. The van der Waals surface area contributed by atoms with Crippen molar-refractivity contribution in [2.45, 2.75) is 19.4 Å². The van der Waals surface area contributed by atoms with Crippen molar-refractivity contribution in [3.63, 3.8) is 0 Å². The van der Waals surface area contributed by atoms with Gasteiger partial charge in [-0.05, 0) is 43.7 Å². The predicted octanol–water partition coefficient (Wildman–Crippen LogP) is 1.85. The molecule has 1 fully saturated rings. The fourth-order valence-corrected chi connectivity index (χ4v) is 2.42. The van der Waals surface area contributed by atoms with Crippen molar-refractivity contribution in [1.82, 2.24) is 10.2 Å². The van der Waals surface area contributed by atoms with E-state index < -0.39 is 0 Å². The van der Waals surface area contributed by atoms with E-state index in [1.807, 2.05) is 20.0 Å². The molecular formula is C14H19ClN2O2. The molecule has 0 bridgehead atoms. The summed E-state index contributed by atoms with van der Waals surface area (Å²) in [5.41, 5.74) is 0.936. The quantitative estimate of drug-likeness (QED) is 0.916. The Morgan fingerprint density at radius 1 is 1.58 bits per heavy atom. The number of rotatable bonds is 4. The van der Waals surface area contributed by atoms with Crippen molar-refractivity contribution in [3.8, 4) is 5.75 Å². The van der Waals surface area contributed by atoms with Gasteiger partial charge in [0, 0.05) is 24.7 Å². The van der Waals surface area contributed by atoms with E-state index in [9.17, 15) is 4.79 Å². The molecule has 0 saturated carbocycles. The molecule has 104 valence electrons. The molecule has 1 heterocycles. The van der Waals surface area contributed by atoms with Gasteiger partial charge >= 0.3 is 0 Å². The Kier molecular flexibility index (Phi) is 4.66. The molecule has 1 amide bonds. The predicted molar refractivity (Wildman–Crippen MR) is 75.7 cm³/mol. The number of ether oxygens (including phenoxy) is 1. The second kappa shape index (κ2) is 6.26. The van der Waals surface area contributed by atoms with E-state index in [1.165, 1.54) is 0 Å². The van der Waals surface area contributed by atoms with Crippen molar-refractivity contribution in [2.24, 2.45) is 0 Å². The molecule has 0 aliphatic carbocycles. The van der Waals surface area contributed by atoms with Gasteiger partial charge in [-0.1, -0.05) is 11.6 Å².